The number of aliphatic hydroxyl groups is 3. The molecule has 5 rings (SSSR count). The number of fused-ring (bicyclic) bond motifs is 5. The van der Waals surface area contributed by atoms with Crippen LogP contribution in [0.5, 0.6) is 5.75 Å². The van der Waals surface area contributed by atoms with Crippen LogP contribution in [0.3, 0.4) is 0 Å². The Labute approximate surface area is 180 Å². The highest BCUT2D eigenvalue weighted by molar-refractivity contribution is 5.36. The second kappa shape index (κ2) is 6.70. The van der Waals surface area contributed by atoms with Gasteiger partial charge < -0.3 is 20.1 Å². The molecule has 4 saturated carbocycles. The number of aliphatic hydroxyl groups excluding tert-OH is 1. The molecule has 1 aromatic carbocycles. The van der Waals surface area contributed by atoms with Crippen LogP contribution in [-0.2, 0) is 5.60 Å². The van der Waals surface area contributed by atoms with E-state index >= 15 is 0 Å². The second-order valence-corrected chi connectivity index (χ2v) is 11.3. The molecule has 0 aromatic heterocycles. The molecular weight excluding hydrogens is 376 g/mol. The van der Waals surface area contributed by atoms with E-state index in [-0.39, 0.29) is 17.4 Å². The van der Waals surface area contributed by atoms with Crippen molar-refractivity contribution >= 4 is 0 Å². The molecule has 4 aliphatic carbocycles. The van der Waals surface area contributed by atoms with Crippen LogP contribution < -0.4 is 4.74 Å². The van der Waals surface area contributed by atoms with Gasteiger partial charge in [-0.3, -0.25) is 0 Å². The van der Waals surface area contributed by atoms with E-state index in [1.807, 2.05) is 24.3 Å². The van der Waals surface area contributed by atoms with Crippen molar-refractivity contribution in [3.05, 3.63) is 29.8 Å². The number of methoxy groups -OCH3 is 1. The SMILES string of the molecule is COc1ccc([C@@]2(O)CC[C@]3(O)[C@@H]4CC[C@H]5C[C@@H](O)CC[C@]5(C)[C@H]4CC[C@]23C)cc1. The maximum atomic E-state index is 12.3. The van der Waals surface area contributed by atoms with E-state index < -0.39 is 16.6 Å². The summed E-state index contributed by atoms with van der Waals surface area (Å²) in [5, 5.41) is 34.6. The van der Waals surface area contributed by atoms with Crippen molar-refractivity contribution in [2.24, 2.45) is 28.6 Å². The quantitative estimate of drug-likeness (QED) is 0.671. The molecule has 0 amide bonds. The van der Waals surface area contributed by atoms with Crippen LogP contribution in [-0.4, -0.2) is 34.1 Å². The van der Waals surface area contributed by atoms with Crippen molar-refractivity contribution in [3.8, 4) is 5.75 Å². The smallest absolute Gasteiger partial charge is 0.118 e. The molecule has 3 N–H and O–H groups in total. The Balaban J connectivity index is 1.50. The molecule has 0 radical (unpaired) electrons. The average molecular weight is 415 g/mol. The fraction of sp³-hybridized carbons (Fsp3) is 0.769. The minimum absolute atomic E-state index is 0.150. The highest BCUT2D eigenvalue weighted by atomic mass is 16.5. The van der Waals surface area contributed by atoms with Gasteiger partial charge in [0.25, 0.3) is 0 Å². The normalized spacial score (nSPS) is 50.3. The van der Waals surface area contributed by atoms with Crippen LogP contribution in [0.15, 0.2) is 24.3 Å². The van der Waals surface area contributed by atoms with Gasteiger partial charge in [-0.05, 0) is 98.7 Å². The second-order valence-electron chi connectivity index (χ2n) is 11.3. The predicted octanol–water partition coefficient (Wildman–Crippen LogP) is 4.40. The Bertz CT molecular complexity index is 808. The van der Waals surface area contributed by atoms with Crippen molar-refractivity contribution < 1.29 is 20.1 Å². The van der Waals surface area contributed by atoms with Gasteiger partial charge in [0.2, 0.25) is 0 Å². The highest BCUT2D eigenvalue weighted by Gasteiger charge is 2.71. The Morgan fingerprint density at radius 3 is 2.30 bits per heavy atom. The van der Waals surface area contributed by atoms with E-state index in [0.717, 1.165) is 56.3 Å². The van der Waals surface area contributed by atoms with Gasteiger partial charge >= 0.3 is 0 Å². The first-order valence-corrected chi connectivity index (χ1v) is 12.0. The topological polar surface area (TPSA) is 69.9 Å². The molecule has 4 aliphatic rings. The molecule has 0 spiro atoms. The van der Waals surface area contributed by atoms with E-state index in [9.17, 15) is 15.3 Å². The molecule has 166 valence electrons. The van der Waals surface area contributed by atoms with Crippen molar-refractivity contribution in [2.45, 2.75) is 88.9 Å². The van der Waals surface area contributed by atoms with Crippen molar-refractivity contribution in [3.63, 3.8) is 0 Å². The summed E-state index contributed by atoms with van der Waals surface area (Å²) in [6.45, 7) is 4.57. The lowest BCUT2D eigenvalue weighted by molar-refractivity contribution is -0.238. The Kier molecular flexibility index (Phi) is 4.64. The number of benzene rings is 1. The monoisotopic (exact) mass is 414 g/mol. The average Bonchev–Trinajstić information content (AvgIpc) is 2.96. The van der Waals surface area contributed by atoms with E-state index in [4.69, 9.17) is 4.74 Å². The first-order valence-electron chi connectivity index (χ1n) is 12.0. The van der Waals surface area contributed by atoms with Gasteiger partial charge in [-0.1, -0.05) is 26.0 Å². The molecule has 4 nitrogen and oxygen atoms in total. The molecule has 1 aromatic rings. The standard InChI is InChI=1S/C26H38O4/c1-23-12-10-19(27)16-18(23)6-9-22-21(23)11-13-24(2)25(28,14-15-26(22,24)29)17-4-7-20(30-3)8-5-17/h4-5,7-8,18-19,21-22,27-29H,6,9-16H2,1-3H3/t18-,19-,21-,22+,23-,24+,25-,26-/m0/s1. The highest BCUT2D eigenvalue weighted by Crippen LogP contribution is 2.71. The molecule has 30 heavy (non-hydrogen) atoms. The zero-order valence-electron chi connectivity index (χ0n) is 18.7. The lowest BCUT2D eigenvalue weighted by atomic mass is 9.43. The van der Waals surface area contributed by atoms with Crippen LogP contribution in [0, 0.1) is 28.6 Å². The van der Waals surface area contributed by atoms with Crippen LogP contribution in [0.2, 0.25) is 0 Å². The van der Waals surface area contributed by atoms with Gasteiger partial charge in [0.1, 0.15) is 5.75 Å². The lowest BCUT2D eigenvalue weighted by Crippen LogP contribution is -2.64. The van der Waals surface area contributed by atoms with Crippen molar-refractivity contribution in [1.29, 1.82) is 0 Å². The molecule has 0 heterocycles. The van der Waals surface area contributed by atoms with Gasteiger partial charge in [-0.25, -0.2) is 0 Å². The third-order valence-electron chi connectivity index (χ3n) is 10.5. The molecule has 0 unspecified atom stereocenters. The number of hydrogen-bond acceptors (Lipinski definition) is 4. The molecule has 4 fully saturated rings. The predicted molar refractivity (Wildman–Crippen MR) is 116 cm³/mol. The Hall–Kier alpha value is -1.10. The summed E-state index contributed by atoms with van der Waals surface area (Å²) >= 11 is 0. The molecule has 0 bridgehead atoms. The van der Waals surface area contributed by atoms with Crippen molar-refractivity contribution in [2.75, 3.05) is 7.11 Å². The van der Waals surface area contributed by atoms with Crippen LogP contribution >= 0.6 is 0 Å². The van der Waals surface area contributed by atoms with Crippen LogP contribution in [0.25, 0.3) is 0 Å². The third kappa shape index (κ3) is 2.50. The zero-order valence-corrected chi connectivity index (χ0v) is 18.7. The molecule has 4 heteroatoms. The summed E-state index contributed by atoms with van der Waals surface area (Å²) in [6.07, 6.45) is 8.01. The van der Waals surface area contributed by atoms with Crippen molar-refractivity contribution in [1.82, 2.24) is 0 Å². The molecule has 8 atom stereocenters. The molecular formula is C26H38O4. The summed E-state index contributed by atoms with van der Waals surface area (Å²) in [5.74, 6) is 2.08. The largest absolute Gasteiger partial charge is 0.497 e. The molecule has 0 saturated heterocycles. The fourth-order valence-corrected chi connectivity index (χ4v) is 8.55. The van der Waals surface area contributed by atoms with Gasteiger partial charge in [-0.15, -0.1) is 0 Å². The summed E-state index contributed by atoms with van der Waals surface area (Å²) in [5.41, 5.74) is -1.29. The van der Waals surface area contributed by atoms with Gasteiger partial charge in [-0.2, -0.15) is 0 Å². The third-order valence-corrected chi connectivity index (χ3v) is 10.5. The Morgan fingerprint density at radius 2 is 1.60 bits per heavy atom. The number of ether oxygens (including phenoxy) is 1. The first-order chi connectivity index (χ1) is 14.2. The summed E-state index contributed by atoms with van der Waals surface area (Å²) in [4.78, 5) is 0. The van der Waals surface area contributed by atoms with E-state index in [1.54, 1.807) is 7.11 Å². The Morgan fingerprint density at radius 1 is 0.867 bits per heavy atom. The van der Waals surface area contributed by atoms with E-state index in [2.05, 4.69) is 13.8 Å². The summed E-state index contributed by atoms with van der Waals surface area (Å²) < 4.78 is 5.31. The lowest BCUT2D eigenvalue weighted by Gasteiger charge is -2.64. The number of hydrogen-bond donors (Lipinski definition) is 3. The van der Waals surface area contributed by atoms with E-state index in [1.165, 1.54) is 0 Å². The zero-order chi connectivity index (χ0) is 21.4. The summed E-state index contributed by atoms with van der Waals surface area (Å²) in [7, 11) is 1.65. The summed E-state index contributed by atoms with van der Waals surface area (Å²) in [6, 6.07) is 7.78. The van der Waals surface area contributed by atoms with Gasteiger partial charge in [0.05, 0.1) is 24.4 Å². The van der Waals surface area contributed by atoms with Gasteiger partial charge in [0.15, 0.2) is 0 Å². The fourth-order valence-electron chi connectivity index (χ4n) is 8.55. The first kappa shape index (κ1) is 20.8. The van der Waals surface area contributed by atoms with Crippen LogP contribution in [0.4, 0.5) is 0 Å². The van der Waals surface area contributed by atoms with Gasteiger partial charge in [0, 0.05) is 5.41 Å². The number of rotatable bonds is 2. The maximum Gasteiger partial charge on any atom is 0.118 e. The van der Waals surface area contributed by atoms with Crippen LogP contribution in [0.1, 0.15) is 77.2 Å². The van der Waals surface area contributed by atoms with E-state index in [0.29, 0.717) is 24.7 Å². The maximum absolute atomic E-state index is 12.3. The minimum Gasteiger partial charge on any atom is -0.497 e. The molecule has 0 aliphatic heterocycles. The minimum atomic E-state index is -1.01.